The summed E-state index contributed by atoms with van der Waals surface area (Å²) < 4.78 is 0. The minimum absolute atomic E-state index is 0.0545. The molecule has 0 spiro atoms. The molecule has 0 radical (unpaired) electrons. The van der Waals surface area contributed by atoms with E-state index in [4.69, 9.17) is 11.6 Å². The van der Waals surface area contributed by atoms with Crippen LogP contribution in [0, 0.1) is 0 Å². The van der Waals surface area contributed by atoms with Crippen LogP contribution in [0.2, 0.25) is 5.02 Å². The van der Waals surface area contributed by atoms with E-state index in [0.717, 1.165) is 5.56 Å². The predicted molar refractivity (Wildman–Crippen MR) is 96.1 cm³/mol. The van der Waals surface area contributed by atoms with Gasteiger partial charge in [-0.25, -0.2) is 5.43 Å². The van der Waals surface area contributed by atoms with E-state index in [1.165, 1.54) is 0 Å². The summed E-state index contributed by atoms with van der Waals surface area (Å²) >= 11 is 5.95. The van der Waals surface area contributed by atoms with Gasteiger partial charge >= 0.3 is 0 Å². The molecular formula is C18H18ClN3O2. The number of carbonyl (C=O) groups excluding carboxylic acids is 2. The standard InChI is InChI=1S/C18H18ClN3O2/c19-15-8-4-5-9-16(15)21-17(23)10-11-18(24)22-20-13-12-14-6-2-1-3-7-14/h1-9,13H,10-12H2,(H,21,23)(H,22,24). The molecule has 0 saturated heterocycles. The third kappa shape index (κ3) is 6.22. The number of halogens is 1. The van der Waals surface area contributed by atoms with Gasteiger partial charge in [-0.3, -0.25) is 9.59 Å². The van der Waals surface area contributed by atoms with Gasteiger partial charge in [-0.15, -0.1) is 0 Å². The number of hydrogen-bond donors (Lipinski definition) is 2. The number of para-hydroxylation sites is 1. The van der Waals surface area contributed by atoms with Crippen molar-refractivity contribution in [3.63, 3.8) is 0 Å². The van der Waals surface area contributed by atoms with Crippen LogP contribution < -0.4 is 10.7 Å². The van der Waals surface area contributed by atoms with Crippen molar-refractivity contribution in [3.05, 3.63) is 65.2 Å². The Morgan fingerprint density at radius 2 is 1.62 bits per heavy atom. The van der Waals surface area contributed by atoms with Crippen LogP contribution in [0.3, 0.4) is 0 Å². The molecule has 2 rings (SSSR count). The van der Waals surface area contributed by atoms with Crippen molar-refractivity contribution >= 4 is 35.3 Å². The third-order valence-electron chi connectivity index (χ3n) is 3.18. The van der Waals surface area contributed by atoms with Crippen LogP contribution >= 0.6 is 11.6 Å². The van der Waals surface area contributed by atoms with Gasteiger partial charge in [0.05, 0.1) is 10.7 Å². The van der Waals surface area contributed by atoms with Crippen LogP contribution in [0.4, 0.5) is 5.69 Å². The molecule has 0 aliphatic carbocycles. The van der Waals surface area contributed by atoms with Crippen LogP contribution in [0.1, 0.15) is 18.4 Å². The Kier molecular flexibility index (Phi) is 6.98. The molecule has 2 N–H and O–H groups in total. The van der Waals surface area contributed by atoms with Gasteiger partial charge in [0.2, 0.25) is 11.8 Å². The largest absolute Gasteiger partial charge is 0.325 e. The first-order valence-corrected chi connectivity index (χ1v) is 7.91. The number of nitrogens with one attached hydrogen (secondary N) is 2. The number of anilines is 1. The lowest BCUT2D eigenvalue weighted by atomic mass is 10.2. The Hall–Kier alpha value is -2.66. The number of hydrogen-bond acceptors (Lipinski definition) is 3. The van der Waals surface area contributed by atoms with Crippen molar-refractivity contribution in [3.8, 4) is 0 Å². The number of rotatable bonds is 7. The second kappa shape index (κ2) is 9.47. The van der Waals surface area contributed by atoms with Crippen molar-refractivity contribution < 1.29 is 9.59 Å². The zero-order valence-electron chi connectivity index (χ0n) is 13.0. The van der Waals surface area contributed by atoms with Crippen LogP contribution in [-0.2, 0) is 16.0 Å². The first-order chi connectivity index (χ1) is 11.6. The summed E-state index contributed by atoms with van der Waals surface area (Å²) in [5, 5.41) is 6.99. The highest BCUT2D eigenvalue weighted by Crippen LogP contribution is 2.20. The second-order valence-corrected chi connectivity index (χ2v) is 5.47. The van der Waals surface area contributed by atoms with E-state index in [1.54, 1.807) is 30.5 Å². The Balaban J connectivity index is 1.67. The molecule has 0 unspecified atom stereocenters. The SMILES string of the molecule is O=C(CCC(=O)Nc1ccccc1Cl)NN=CCc1ccccc1. The van der Waals surface area contributed by atoms with Gasteiger partial charge in [-0.1, -0.05) is 54.1 Å². The molecule has 5 nitrogen and oxygen atoms in total. The fraction of sp³-hybridized carbons (Fsp3) is 0.167. The quantitative estimate of drug-likeness (QED) is 0.597. The van der Waals surface area contributed by atoms with E-state index in [0.29, 0.717) is 17.1 Å². The second-order valence-electron chi connectivity index (χ2n) is 5.06. The average molecular weight is 344 g/mol. The first kappa shape index (κ1) is 17.7. The smallest absolute Gasteiger partial charge is 0.240 e. The number of carbonyl (C=O) groups is 2. The normalized spacial score (nSPS) is 10.5. The Labute approximate surface area is 145 Å². The van der Waals surface area contributed by atoms with Gasteiger partial charge in [0.15, 0.2) is 0 Å². The predicted octanol–water partition coefficient (Wildman–Crippen LogP) is 3.40. The minimum atomic E-state index is -0.311. The lowest BCUT2D eigenvalue weighted by molar-refractivity contribution is -0.124. The zero-order valence-corrected chi connectivity index (χ0v) is 13.8. The first-order valence-electron chi connectivity index (χ1n) is 7.54. The molecule has 0 aromatic heterocycles. The van der Waals surface area contributed by atoms with Gasteiger partial charge in [0.25, 0.3) is 0 Å². The maximum atomic E-state index is 11.8. The number of nitrogens with zero attached hydrogens (tertiary/aromatic N) is 1. The van der Waals surface area contributed by atoms with E-state index >= 15 is 0 Å². The van der Waals surface area contributed by atoms with E-state index in [9.17, 15) is 9.59 Å². The molecule has 0 bridgehead atoms. The van der Waals surface area contributed by atoms with Crippen molar-refractivity contribution in [2.45, 2.75) is 19.3 Å². The molecule has 6 heteroatoms. The van der Waals surface area contributed by atoms with E-state index in [-0.39, 0.29) is 24.7 Å². The highest BCUT2D eigenvalue weighted by Gasteiger charge is 2.08. The lowest BCUT2D eigenvalue weighted by Gasteiger charge is -2.06. The van der Waals surface area contributed by atoms with Gasteiger partial charge in [-0.2, -0.15) is 5.10 Å². The Morgan fingerprint density at radius 1 is 0.958 bits per heavy atom. The molecule has 0 aliphatic heterocycles. The molecular weight excluding hydrogens is 326 g/mol. The molecule has 0 atom stereocenters. The number of hydrazone groups is 1. The topological polar surface area (TPSA) is 70.6 Å². The summed E-state index contributed by atoms with van der Waals surface area (Å²) in [5.74, 6) is -0.583. The van der Waals surface area contributed by atoms with E-state index < -0.39 is 0 Å². The summed E-state index contributed by atoms with van der Waals surface area (Å²) in [6, 6.07) is 16.7. The summed E-state index contributed by atoms with van der Waals surface area (Å²) in [7, 11) is 0. The highest BCUT2D eigenvalue weighted by atomic mass is 35.5. The van der Waals surface area contributed by atoms with E-state index in [1.807, 2.05) is 30.3 Å². The maximum absolute atomic E-state index is 11.8. The van der Waals surface area contributed by atoms with Gasteiger partial charge < -0.3 is 5.32 Å². The molecule has 0 aliphatic rings. The molecule has 0 heterocycles. The fourth-order valence-electron chi connectivity index (χ4n) is 1.94. The lowest BCUT2D eigenvalue weighted by Crippen LogP contribution is -2.20. The van der Waals surface area contributed by atoms with Crippen LogP contribution in [0.15, 0.2) is 59.7 Å². The molecule has 0 saturated carbocycles. The van der Waals surface area contributed by atoms with Crippen LogP contribution in [0.25, 0.3) is 0 Å². The molecule has 2 aromatic carbocycles. The van der Waals surface area contributed by atoms with Crippen molar-refractivity contribution in [2.24, 2.45) is 5.10 Å². The summed E-state index contributed by atoms with van der Waals surface area (Å²) in [4.78, 5) is 23.4. The van der Waals surface area contributed by atoms with Crippen LogP contribution in [-0.4, -0.2) is 18.0 Å². The fourth-order valence-corrected chi connectivity index (χ4v) is 2.12. The van der Waals surface area contributed by atoms with E-state index in [2.05, 4.69) is 15.8 Å². The Bertz CT molecular complexity index is 717. The molecule has 2 amide bonds. The zero-order chi connectivity index (χ0) is 17.2. The average Bonchev–Trinajstić information content (AvgIpc) is 2.60. The summed E-state index contributed by atoms with van der Waals surface area (Å²) in [5.41, 5.74) is 4.05. The van der Waals surface area contributed by atoms with Crippen molar-refractivity contribution in [1.82, 2.24) is 5.43 Å². The Morgan fingerprint density at radius 3 is 2.38 bits per heavy atom. The van der Waals surface area contributed by atoms with Crippen molar-refractivity contribution in [2.75, 3.05) is 5.32 Å². The number of amides is 2. The maximum Gasteiger partial charge on any atom is 0.240 e. The highest BCUT2D eigenvalue weighted by molar-refractivity contribution is 6.33. The summed E-state index contributed by atoms with van der Waals surface area (Å²) in [6.07, 6.45) is 2.37. The molecule has 0 fully saturated rings. The number of benzene rings is 2. The van der Waals surface area contributed by atoms with Gasteiger partial charge in [-0.05, 0) is 17.7 Å². The molecule has 124 valence electrons. The summed E-state index contributed by atoms with van der Waals surface area (Å²) in [6.45, 7) is 0. The third-order valence-corrected chi connectivity index (χ3v) is 3.51. The van der Waals surface area contributed by atoms with Gasteiger partial charge in [0.1, 0.15) is 0 Å². The van der Waals surface area contributed by atoms with Crippen molar-refractivity contribution in [1.29, 1.82) is 0 Å². The van der Waals surface area contributed by atoms with Gasteiger partial charge in [0, 0.05) is 25.5 Å². The minimum Gasteiger partial charge on any atom is -0.325 e. The van der Waals surface area contributed by atoms with Crippen LogP contribution in [0.5, 0.6) is 0 Å². The molecule has 24 heavy (non-hydrogen) atoms. The monoisotopic (exact) mass is 343 g/mol. The molecule has 2 aromatic rings.